The highest BCUT2D eigenvalue weighted by Gasteiger charge is 2.16. The molecule has 0 radical (unpaired) electrons. The summed E-state index contributed by atoms with van der Waals surface area (Å²) in [6.45, 7) is 18.0. The Morgan fingerprint density at radius 1 is 1.00 bits per heavy atom. The predicted octanol–water partition coefficient (Wildman–Crippen LogP) is 2.38. The van der Waals surface area contributed by atoms with Gasteiger partial charge in [0.25, 0.3) is 0 Å². The molecule has 0 atom stereocenters. The maximum Gasteiger partial charge on any atom is 0.0112 e. The number of nitrogens with zero attached hydrogens (tertiary/aromatic N) is 3. The smallest absolute Gasteiger partial charge is 0.0112 e. The van der Waals surface area contributed by atoms with Crippen molar-refractivity contribution in [2.45, 2.75) is 46.6 Å². The Morgan fingerprint density at radius 2 is 1.74 bits per heavy atom. The lowest BCUT2D eigenvalue weighted by Crippen LogP contribution is -2.36. The summed E-state index contributed by atoms with van der Waals surface area (Å²) in [6, 6.07) is 0.706. The van der Waals surface area contributed by atoms with Crippen LogP contribution in [0.1, 0.15) is 40.5 Å². The lowest BCUT2D eigenvalue weighted by molar-refractivity contribution is 0.213. The average molecular weight is 269 g/mol. The van der Waals surface area contributed by atoms with Crippen LogP contribution in [-0.2, 0) is 0 Å². The van der Waals surface area contributed by atoms with E-state index in [1.54, 1.807) is 0 Å². The standard InChI is InChI=1S/C16H35N3/c1-15(2)14-17(5)8-6-9-18-10-7-11-19(13-12-18)16(3)4/h15-16H,6-14H2,1-5H3. The normalized spacial score (nSPS) is 19.6. The van der Waals surface area contributed by atoms with Crippen LogP contribution in [0.4, 0.5) is 0 Å². The van der Waals surface area contributed by atoms with Crippen molar-refractivity contribution < 1.29 is 0 Å². The van der Waals surface area contributed by atoms with Gasteiger partial charge in [-0.15, -0.1) is 0 Å². The summed E-state index contributed by atoms with van der Waals surface area (Å²) in [6.07, 6.45) is 2.64. The van der Waals surface area contributed by atoms with Gasteiger partial charge in [-0.3, -0.25) is 4.90 Å². The predicted molar refractivity (Wildman–Crippen MR) is 84.7 cm³/mol. The van der Waals surface area contributed by atoms with Crippen LogP contribution in [0.15, 0.2) is 0 Å². The second kappa shape index (κ2) is 8.93. The molecule has 1 aliphatic rings. The van der Waals surface area contributed by atoms with E-state index < -0.39 is 0 Å². The Kier molecular flexibility index (Phi) is 7.96. The van der Waals surface area contributed by atoms with Crippen molar-refractivity contribution >= 4 is 0 Å². The summed E-state index contributed by atoms with van der Waals surface area (Å²) in [4.78, 5) is 7.75. The molecule has 1 rings (SSSR count). The van der Waals surface area contributed by atoms with Crippen LogP contribution in [0.5, 0.6) is 0 Å². The molecule has 3 nitrogen and oxygen atoms in total. The van der Waals surface area contributed by atoms with E-state index in [2.05, 4.69) is 49.4 Å². The van der Waals surface area contributed by atoms with Crippen LogP contribution in [-0.4, -0.2) is 73.6 Å². The molecule has 0 bridgehead atoms. The highest BCUT2D eigenvalue weighted by Crippen LogP contribution is 2.07. The van der Waals surface area contributed by atoms with Crippen LogP contribution >= 0.6 is 0 Å². The van der Waals surface area contributed by atoms with Crippen LogP contribution in [0.3, 0.4) is 0 Å². The summed E-state index contributed by atoms with van der Waals surface area (Å²) < 4.78 is 0. The van der Waals surface area contributed by atoms with Crippen molar-refractivity contribution in [3.8, 4) is 0 Å². The summed E-state index contributed by atoms with van der Waals surface area (Å²) in [7, 11) is 2.25. The second-order valence-electron chi connectivity index (χ2n) is 6.83. The van der Waals surface area contributed by atoms with Crippen molar-refractivity contribution in [1.82, 2.24) is 14.7 Å². The van der Waals surface area contributed by atoms with Gasteiger partial charge in [0.1, 0.15) is 0 Å². The fraction of sp³-hybridized carbons (Fsp3) is 1.00. The van der Waals surface area contributed by atoms with Crippen LogP contribution in [0.2, 0.25) is 0 Å². The number of hydrogen-bond acceptors (Lipinski definition) is 3. The minimum Gasteiger partial charge on any atom is -0.306 e. The van der Waals surface area contributed by atoms with Gasteiger partial charge in [-0.1, -0.05) is 13.8 Å². The van der Waals surface area contributed by atoms with E-state index in [0.717, 1.165) is 5.92 Å². The Bertz CT molecular complexity index is 228. The zero-order valence-electron chi connectivity index (χ0n) is 13.9. The largest absolute Gasteiger partial charge is 0.306 e. The van der Waals surface area contributed by atoms with Crippen LogP contribution in [0.25, 0.3) is 0 Å². The molecule has 0 aromatic rings. The van der Waals surface area contributed by atoms with Gasteiger partial charge < -0.3 is 9.80 Å². The molecular weight excluding hydrogens is 234 g/mol. The third kappa shape index (κ3) is 7.28. The van der Waals surface area contributed by atoms with E-state index in [-0.39, 0.29) is 0 Å². The molecule has 1 heterocycles. The third-order valence-electron chi connectivity index (χ3n) is 4.04. The Balaban J connectivity index is 2.16. The Labute approximate surface area is 120 Å². The molecule has 1 aliphatic heterocycles. The minimum absolute atomic E-state index is 0.706. The van der Waals surface area contributed by atoms with E-state index in [0.29, 0.717) is 6.04 Å². The zero-order chi connectivity index (χ0) is 14.3. The summed E-state index contributed by atoms with van der Waals surface area (Å²) in [5.74, 6) is 0.780. The molecule has 0 spiro atoms. The monoisotopic (exact) mass is 269 g/mol. The second-order valence-corrected chi connectivity index (χ2v) is 6.83. The van der Waals surface area contributed by atoms with Gasteiger partial charge >= 0.3 is 0 Å². The van der Waals surface area contributed by atoms with Crippen LogP contribution < -0.4 is 0 Å². The van der Waals surface area contributed by atoms with Gasteiger partial charge in [-0.25, -0.2) is 0 Å². The SMILES string of the molecule is CC(C)CN(C)CCCN1CCCN(C(C)C)CC1. The van der Waals surface area contributed by atoms with Gasteiger partial charge in [0.15, 0.2) is 0 Å². The first-order valence-electron chi connectivity index (χ1n) is 8.14. The molecule has 3 heteroatoms. The molecule has 1 fully saturated rings. The first kappa shape index (κ1) is 16.9. The van der Waals surface area contributed by atoms with Gasteiger partial charge in [0, 0.05) is 25.7 Å². The van der Waals surface area contributed by atoms with E-state index in [1.165, 1.54) is 58.7 Å². The summed E-state index contributed by atoms with van der Waals surface area (Å²) in [5, 5.41) is 0. The summed E-state index contributed by atoms with van der Waals surface area (Å²) >= 11 is 0. The van der Waals surface area contributed by atoms with Crippen molar-refractivity contribution in [3.05, 3.63) is 0 Å². The van der Waals surface area contributed by atoms with E-state index in [1.807, 2.05) is 0 Å². The highest BCUT2D eigenvalue weighted by molar-refractivity contribution is 4.72. The molecule has 1 saturated heterocycles. The molecular formula is C16H35N3. The topological polar surface area (TPSA) is 9.72 Å². The lowest BCUT2D eigenvalue weighted by Gasteiger charge is -2.25. The third-order valence-corrected chi connectivity index (χ3v) is 4.04. The maximum atomic E-state index is 2.66. The average Bonchev–Trinajstić information content (AvgIpc) is 2.53. The highest BCUT2D eigenvalue weighted by atomic mass is 15.2. The van der Waals surface area contributed by atoms with Gasteiger partial charge in [0.2, 0.25) is 0 Å². The molecule has 0 aromatic carbocycles. The van der Waals surface area contributed by atoms with Gasteiger partial charge in [0.05, 0.1) is 0 Å². The number of hydrogen-bond donors (Lipinski definition) is 0. The van der Waals surface area contributed by atoms with Crippen LogP contribution in [0, 0.1) is 5.92 Å². The van der Waals surface area contributed by atoms with E-state index in [9.17, 15) is 0 Å². The molecule has 19 heavy (non-hydrogen) atoms. The molecule has 0 amide bonds. The Hall–Kier alpha value is -0.120. The van der Waals surface area contributed by atoms with Gasteiger partial charge in [-0.05, 0) is 65.8 Å². The Morgan fingerprint density at radius 3 is 2.37 bits per heavy atom. The molecule has 0 saturated carbocycles. The lowest BCUT2D eigenvalue weighted by atomic mass is 10.2. The molecule has 0 N–H and O–H groups in total. The van der Waals surface area contributed by atoms with E-state index >= 15 is 0 Å². The summed E-state index contributed by atoms with van der Waals surface area (Å²) in [5.41, 5.74) is 0. The fourth-order valence-electron chi connectivity index (χ4n) is 3.01. The van der Waals surface area contributed by atoms with E-state index in [4.69, 9.17) is 0 Å². The fourth-order valence-corrected chi connectivity index (χ4v) is 3.01. The molecule has 0 aromatic heterocycles. The minimum atomic E-state index is 0.706. The first-order chi connectivity index (χ1) is 8.99. The van der Waals surface area contributed by atoms with Crippen molar-refractivity contribution in [1.29, 1.82) is 0 Å². The van der Waals surface area contributed by atoms with Crippen molar-refractivity contribution in [2.24, 2.45) is 5.92 Å². The van der Waals surface area contributed by atoms with Crippen molar-refractivity contribution in [2.75, 3.05) is 52.9 Å². The van der Waals surface area contributed by atoms with Crippen molar-refractivity contribution in [3.63, 3.8) is 0 Å². The molecule has 114 valence electrons. The molecule has 0 aliphatic carbocycles. The molecule has 0 unspecified atom stereocenters. The maximum absolute atomic E-state index is 2.66. The zero-order valence-corrected chi connectivity index (χ0v) is 13.9. The van der Waals surface area contributed by atoms with Gasteiger partial charge in [-0.2, -0.15) is 0 Å². The first-order valence-corrected chi connectivity index (χ1v) is 8.14. The number of rotatable bonds is 7. The quantitative estimate of drug-likeness (QED) is 0.702.